The lowest BCUT2D eigenvalue weighted by Crippen LogP contribution is -2.37. The van der Waals surface area contributed by atoms with Crippen molar-refractivity contribution in [3.8, 4) is 0 Å². The molecule has 120 valence electrons. The molecule has 0 aliphatic heterocycles. The zero-order chi connectivity index (χ0) is 15.7. The van der Waals surface area contributed by atoms with Gasteiger partial charge in [0.05, 0.1) is 0 Å². The highest BCUT2D eigenvalue weighted by molar-refractivity contribution is 5.79. The van der Waals surface area contributed by atoms with Gasteiger partial charge in [-0.2, -0.15) is 0 Å². The molecule has 1 aromatic heterocycles. The molecule has 0 saturated carbocycles. The summed E-state index contributed by atoms with van der Waals surface area (Å²) in [4.78, 5) is 4.56. The molecule has 0 radical (unpaired) electrons. The normalized spacial score (nSPS) is 12.0. The van der Waals surface area contributed by atoms with Crippen LogP contribution >= 0.6 is 0 Å². The topological polar surface area (TPSA) is 67.1 Å². The Labute approximate surface area is 128 Å². The van der Waals surface area contributed by atoms with E-state index in [1.165, 1.54) is 19.3 Å². The van der Waals surface area contributed by atoms with Crippen LogP contribution in [0.4, 0.5) is 0 Å². The van der Waals surface area contributed by atoms with Gasteiger partial charge in [-0.1, -0.05) is 26.7 Å². The SMILES string of the molecule is CCNC(=NCc1nnc(C)n1C)NCCCCC(C)C. The summed E-state index contributed by atoms with van der Waals surface area (Å²) in [5.74, 6) is 3.42. The summed E-state index contributed by atoms with van der Waals surface area (Å²) in [6, 6.07) is 0. The third-order valence-corrected chi connectivity index (χ3v) is 3.41. The van der Waals surface area contributed by atoms with Crippen molar-refractivity contribution >= 4 is 5.96 Å². The van der Waals surface area contributed by atoms with Crippen molar-refractivity contribution in [1.29, 1.82) is 0 Å². The molecule has 0 atom stereocenters. The number of hydrogen-bond acceptors (Lipinski definition) is 3. The molecule has 0 fully saturated rings. The van der Waals surface area contributed by atoms with Crippen molar-refractivity contribution in [3.05, 3.63) is 11.6 Å². The first kappa shape index (κ1) is 17.5. The van der Waals surface area contributed by atoms with Gasteiger partial charge in [0.25, 0.3) is 0 Å². The molecule has 6 nitrogen and oxygen atoms in total. The molecule has 0 unspecified atom stereocenters. The van der Waals surface area contributed by atoms with Crippen molar-refractivity contribution in [3.63, 3.8) is 0 Å². The van der Waals surface area contributed by atoms with Gasteiger partial charge < -0.3 is 15.2 Å². The van der Waals surface area contributed by atoms with E-state index in [0.717, 1.165) is 36.6 Å². The molecule has 2 N–H and O–H groups in total. The molecule has 1 heterocycles. The van der Waals surface area contributed by atoms with Crippen molar-refractivity contribution in [2.75, 3.05) is 13.1 Å². The number of nitrogens with zero attached hydrogens (tertiary/aromatic N) is 4. The fourth-order valence-electron chi connectivity index (χ4n) is 1.96. The molecular weight excluding hydrogens is 264 g/mol. The maximum Gasteiger partial charge on any atom is 0.191 e. The first-order chi connectivity index (χ1) is 10.0. The van der Waals surface area contributed by atoms with E-state index in [1.807, 2.05) is 18.5 Å². The lowest BCUT2D eigenvalue weighted by atomic mass is 10.1. The predicted octanol–water partition coefficient (Wildman–Crippen LogP) is 2.00. The van der Waals surface area contributed by atoms with Gasteiger partial charge in [-0.05, 0) is 26.2 Å². The molecule has 1 rings (SSSR count). The Bertz CT molecular complexity index is 435. The smallest absolute Gasteiger partial charge is 0.191 e. The van der Waals surface area contributed by atoms with Crippen LogP contribution in [0.2, 0.25) is 0 Å². The van der Waals surface area contributed by atoms with Crippen molar-refractivity contribution < 1.29 is 0 Å². The van der Waals surface area contributed by atoms with Crippen LogP contribution in [0.5, 0.6) is 0 Å². The zero-order valence-corrected chi connectivity index (χ0v) is 14.1. The fourth-order valence-corrected chi connectivity index (χ4v) is 1.96. The first-order valence-electron chi connectivity index (χ1n) is 7.91. The number of hydrogen-bond donors (Lipinski definition) is 2. The van der Waals surface area contributed by atoms with Gasteiger partial charge in [0.1, 0.15) is 12.4 Å². The second-order valence-corrected chi connectivity index (χ2v) is 5.73. The van der Waals surface area contributed by atoms with E-state index >= 15 is 0 Å². The molecule has 0 amide bonds. The number of aromatic nitrogens is 3. The van der Waals surface area contributed by atoms with E-state index < -0.39 is 0 Å². The third-order valence-electron chi connectivity index (χ3n) is 3.41. The average molecular weight is 294 g/mol. The number of aliphatic imine (C=N–C) groups is 1. The summed E-state index contributed by atoms with van der Waals surface area (Å²) in [5.41, 5.74) is 0. The molecule has 0 aliphatic carbocycles. The van der Waals surface area contributed by atoms with E-state index in [-0.39, 0.29) is 0 Å². The molecule has 1 aromatic rings. The van der Waals surface area contributed by atoms with Crippen LogP contribution in [-0.4, -0.2) is 33.8 Å². The summed E-state index contributed by atoms with van der Waals surface area (Å²) >= 11 is 0. The highest BCUT2D eigenvalue weighted by atomic mass is 15.3. The Morgan fingerprint density at radius 2 is 2.00 bits per heavy atom. The number of guanidine groups is 1. The van der Waals surface area contributed by atoms with Crippen LogP contribution in [-0.2, 0) is 13.6 Å². The van der Waals surface area contributed by atoms with Gasteiger partial charge in [0, 0.05) is 20.1 Å². The second-order valence-electron chi connectivity index (χ2n) is 5.73. The maximum atomic E-state index is 4.56. The second kappa shape index (κ2) is 9.37. The van der Waals surface area contributed by atoms with Crippen LogP contribution in [0, 0.1) is 12.8 Å². The predicted molar refractivity (Wildman–Crippen MR) is 87.2 cm³/mol. The Morgan fingerprint density at radius 1 is 1.24 bits per heavy atom. The van der Waals surface area contributed by atoms with Crippen LogP contribution < -0.4 is 10.6 Å². The Morgan fingerprint density at radius 3 is 2.57 bits per heavy atom. The molecule has 0 spiro atoms. The number of unbranched alkanes of at least 4 members (excludes halogenated alkanes) is 1. The molecule has 0 bridgehead atoms. The molecule has 0 saturated heterocycles. The van der Waals surface area contributed by atoms with E-state index in [1.54, 1.807) is 0 Å². The van der Waals surface area contributed by atoms with E-state index in [0.29, 0.717) is 6.54 Å². The Kier molecular flexibility index (Phi) is 7.79. The highest BCUT2D eigenvalue weighted by Gasteiger charge is 2.04. The van der Waals surface area contributed by atoms with Gasteiger partial charge in [-0.3, -0.25) is 0 Å². The quantitative estimate of drug-likeness (QED) is 0.437. The van der Waals surface area contributed by atoms with E-state index in [2.05, 4.69) is 46.6 Å². The lowest BCUT2D eigenvalue weighted by Gasteiger charge is -2.11. The molecule has 0 aliphatic rings. The first-order valence-corrected chi connectivity index (χ1v) is 7.91. The van der Waals surface area contributed by atoms with Crippen LogP contribution in [0.1, 0.15) is 51.7 Å². The van der Waals surface area contributed by atoms with Crippen molar-refractivity contribution in [1.82, 2.24) is 25.4 Å². The van der Waals surface area contributed by atoms with Crippen molar-refractivity contribution in [2.45, 2.75) is 53.5 Å². The standard InChI is InChI=1S/C15H30N6/c1-6-16-15(17-10-8-7-9-12(2)3)18-11-14-20-19-13(4)21(14)5/h12H,6-11H2,1-5H3,(H2,16,17,18). The summed E-state index contributed by atoms with van der Waals surface area (Å²) in [6.45, 7) is 10.9. The fraction of sp³-hybridized carbons (Fsp3) is 0.800. The average Bonchev–Trinajstić information content (AvgIpc) is 2.75. The minimum Gasteiger partial charge on any atom is -0.357 e. The largest absolute Gasteiger partial charge is 0.357 e. The van der Waals surface area contributed by atoms with Gasteiger partial charge in [0.2, 0.25) is 0 Å². The summed E-state index contributed by atoms with van der Waals surface area (Å²) < 4.78 is 1.97. The van der Waals surface area contributed by atoms with Gasteiger partial charge >= 0.3 is 0 Å². The van der Waals surface area contributed by atoms with Gasteiger partial charge in [0.15, 0.2) is 11.8 Å². The number of nitrogens with one attached hydrogen (secondary N) is 2. The maximum absolute atomic E-state index is 4.56. The number of rotatable bonds is 8. The minimum atomic E-state index is 0.540. The molecular formula is C15H30N6. The molecule has 21 heavy (non-hydrogen) atoms. The number of aryl methyl sites for hydroxylation is 1. The van der Waals surface area contributed by atoms with Crippen LogP contribution in [0.3, 0.4) is 0 Å². The van der Waals surface area contributed by atoms with Gasteiger partial charge in [-0.15, -0.1) is 10.2 Å². The molecule has 6 heteroatoms. The summed E-state index contributed by atoms with van der Waals surface area (Å²) in [7, 11) is 1.96. The monoisotopic (exact) mass is 294 g/mol. The van der Waals surface area contributed by atoms with Crippen molar-refractivity contribution in [2.24, 2.45) is 18.0 Å². The van der Waals surface area contributed by atoms with E-state index in [9.17, 15) is 0 Å². The zero-order valence-electron chi connectivity index (χ0n) is 14.1. The summed E-state index contributed by atoms with van der Waals surface area (Å²) in [5, 5.41) is 14.8. The van der Waals surface area contributed by atoms with Gasteiger partial charge in [-0.25, -0.2) is 4.99 Å². The summed E-state index contributed by atoms with van der Waals surface area (Å²) in [6.07, 6.45) is 3.71. The highest BCUT2D eigenvalue weighted by Crippen LogP contribution is 2.05. The Balaban J connectivity index is 2.41. The minimum absolute atomic E-state index is 0.540. The van der Waals surface area contributed by atoms with Crippen LogP contribution in [0.25, 0.3) is 0 Å². The molecule has 0 aromatic carbocycles. The lowest BCUT2D eigenvalue weighted by molar-refractivity contribution is 0.534. The van der Waals surface area contributed by atoms with Crippen LogP contribution in [0.15, 0.2) is 4.99 Å². The Hall–Kier alpha value is -1.59. The van der Waals surface area contributed by atoms with E-state index in [4.69, 9.17) is 0 Å². The third kappa shape index (κ3) is 6.60.